The van der Waals surface area contributed by atoms with Crippen molar-refractivity contribution in [2.24, 2.45) is 16.8 Å². The largest absolute Gasteiger partial charge is 0.409 e. The van der Waals surface area contributed by atoms with Gasteiger partial charge in [0.1, 0.15) is 5.84 Å². The highest BCUT2D eigenvalue weighted by Crippen LogP contribution is 2.20. The molecular formula is C14H19N3O2. The van der Waals surface area contributed by atoms with E-state index in [4.69, 9.17) is 10.9 Å². The molecule has 1 aromatic carbocycles. The molecule has 3 N–H and O–H groups in total. The van der Waals surface area contributed by atoms with E-state index in [0.29, 0.717) is 13.1 Å². The summed E-state index contributed by atoms with van der Waals surface area (Å²) in [4.78, 5) is 14.2. The van der Waals surface area contributed by atoms with E-state index in [1.165, 1.54) is 0 Å². The molecule has 1 amide bonds. The number of amides is 1. The number of hydrogen-bond acceptors (Lipinski definition) is 3. The van der Waals surface area contributed by atoms with E-state index in [-0.39, 0.29) is 17.7 Å². The Hall–Kier alpha value is -2.04. The number of amidine groups is 1. The first-order chi connectivity index (χ1) is 9.13. The molecule has 0 bridgehead atoms. The van der Waals surface area contributed by atoms with Crippen molar-refractivity contribution in [3.8, 4) is 0 Å². The second-order valence-corrected chi connectivity index (χ2v) is 4.91. The lowest BCUT2D eigenvalue weighted by molar-refractivity contribution is 0.0708. The fraction of sp³-hybridized carbons (Fsp3) is 0.429. The van der Waals surface area contributed by atoms with E-state index >= 15 is 0 Å². The average molecular weight is 261 g/mol. The highest BCUT2D eigenvalue weighted by molar-refractivity contribution is 5.95. The quantitative estimate of drug-likeness (QED) is 0.367. The maximum absolute atomic E-state index is 12.4. The minimum absolute atomic E-state index is 0.0658. The maximum Gasteiger partial charge on any atom is 0.254 e. The molecule has 102 valence electrons. The zero-order valence-electron chi connectivity index (χ0n) is 11.0. The summed E-state index contributed by atoms with van der Waals surface area (Å²) in [6, 6.07) is 7.60. The van der Waals surface area contributed by atoms with Gasteiger partial charge in [-0.05, 0) is 31.4 Å². The van der Waals surface area contributed by atoms with E-state index in [1.807, 2.05) is 36.1 Å². The van der Waals surface area contributed by atoms with E-state index < -0.39 is 0 Å². The third-order valence-corrected chi connectivity index (χ3v) is 3.69. The monoisotopic (exact) mass is 261 g/mol. The summed E-state index contributed by atoms with van der Waals surface area (Å²) in [5, 5.41) is 11.7. The van der Waals surface area contributed by atoms with Crippen molar-refractivity contribution in [2.75, 3.05) is 13.1 Å². The Labute approximate surface area is 112 Å². The number of aryl methyl sites for hydroxylation is 1. The van der Waals surface area contributed by atoms with Gasteiger partial charge in [-0.1, -0.05) is 23.4 Å². The number of carbonyl (C=O) groups excluding carboxylic acids is 1. The Morgan fingerprint density at radius 2 is 2.00 bits per heavy atom. The van der Waals surface area contributed by atoms with Gasteiger partial charge < -0.3 is 15.8 Å². The topological polar surface area (TPSA) is 78.9 Å². The van der Waals surface area contributed by atoms with E-state index in [0.717, 1.165) is 24.0 Å². The lowest BCUT2D eigenvalue weighted by Crippen LogP contribution is -2.42. The Morgan fingerprint density at radius 1 is 1.37 bits per heavy atom. The number of likely N-dealkylation sites (tertiary alicyclic amines) is 1. The highest BCUT2D eigenvalue weighted by Gasteiger charge is 2.26. The number of hydrogen-bond donors (Lipinski definition) is 2. The second-order valence-electron chi connectivity index (χ2n) is 4.91. The van der Waals surface area contributed by atoms with Gasteiger partial charge in [0.15, 0.2) is 0 Å². The predicted molar refractivity (Wildman–Crippen MR) is 73.2 cm³/mol. The average Bonchev–Trinajstić information content (AvgIpc) is 2.46. The zero-order chi connectivity index (χ0) is 13.8. The molecule has 2 rings (SSSR count). The summed E-state index contributed by atoms with van der Waals surface area (Å²) in [6.45, 7) is 3.23. The van der Waals surface area contributed by atoms with Crippen LogP contribution in [0.4, 0.5) is 0 Å². The van der Waals surface area contributed by atoms with Crippen LogP contribution in [0.3, 0.4) is 0 Å². The van der Waals surface area contributed by atoms with Gasteiger partial charge in [-0.25, -0.2) is 0 Å². The number of nitrogens with zero attached hydrogens (tertiary/aromatic N) is 2. The van der Waals surface area contributed by atoms with Crippen LogP contribution in [-0.2, 0) is 0 Å². The smallest absolute Gasteiger partial charge is 0.254 e. The van der Waals surface area contributed by atoms with Crippen LogP contribution in [0.2, 0.25) is 0 Å². The molecule has 0 radical (unpaired) electrons. The van der Waals surface area contributed by atoms with Crippen molar-refractivity contribution in [1.82, 2.24) is 4.90 Å². The van der Waals surface area contributed by atoms with E-state index in [2.05, 4.69) is 5.16 Å². The lowest BCUT2D eigenvalue weighted by atomic mass is 9.95. The number of rotatable bonds is 2. The first-order valence-electron chi connectivity index (χ1n) is 6.45. The van der Waals surface area contributed by atoms with Gasteiger partial charge in [0.05, 0.1) is 0 Å². The van der Waals surface area contributed by atoms with Gasteiger partial charge in [0.2, 0.25) is 0 Å². The molecule has 5 heteroatoms. The number of benzene rings is 1. The molecule has 1 aliphatic rings. The molecular weight excluding hydrogens is 242 g/mol. The summed E-state index contributed by atoms with van der Waals surface area (Å²) in [7, 11) is 0. The Morgan fingerprint density at radius 3 is 2.58 bits per heavy atom. The summed E-state index contributed by atoms with van der Waals surface area (Å²) in [6.07, 6.45) is 1.49. The van der Waals surface area contributed by atoms with E-state index in [1.54, 1.807) is 0 Å². The van der Waals surface area contributed by atoms with Crippen molar-refractivity contribution >= 4 is 11.7 Å². The molecule has 0 saturated carbocycles. The molecule has 1 saturated heterocycles. The maximum atomic E-state index is 12.4. The number of carbonyl (C=O) groups is 1. The summed E-state index contributed by atoms with van der Waals surface area (Å²) in [5.41, 5.74) is 7.35. The molecule has 0 spiro atoms. The van der Waals surface area contributed by atoms with Crippen LogP contribution in [0.25, 0.3) is 0 Å². The minimum Gasteiger partial charge on any atom is -0.409 e. The van der Waals surface area contributed by atoms with Gasteiger partial charge in [0, 0.05) is 24.6 Å². The normalized spacial score (nSPS) is 17.5. The third kappa shape index (κ3) is 2.86. The fourth-order valence-electron chi connectivity index (χ4n) is 2.44. The molecule has 0 atom stereocenters. The third-order valence-electron chi connectivity index (χ3n) is 3.69. The van der Waals surface area contributed by atoms with Crippen molar-refractivity contribution in [3.63, 3.8) is 0 Å². The van der Waals surface area contributed by atoms with Crippen molar-refractivity contribution < 1.29 is 10.0 Å². The van der Waals surface area contributed by atoms with Crippen LogP contribution >= 0.6 is 0 Å². The van der Waals surface area contributed by atoms with Crippen molar-refractivity contribution in [3.05, 3.63) is 35.4 Å². The van der Waals surface area contributed by atoms with Crippen LogP contribution in [0.5, 0.6) is 0 Å². The first-order valence-corrected chi connectivity index (χ1v) is 6.45. The van der Waals surface area contributed by atoms with Crippen molar-refractivity contribution in [1.29, 1.82) is 0 Å². The Balaban J connectivity index is 2.02. The molecule has 0 aromatic heterocycles. The lowest BCUT2D eigenvalue weighted by Gasteiger charge is -2.31. The number of nitrogens with two attached hydrogens (primary N) is 1. The Kier molecular flexibility index (Phi) is 4.04. The molecule has 5 nitrogen and oxygen atoms in total. The Bertz CT molecular complexity index is 491. The standard InChI is InChI=1S/C14H19N3O2/c1-10-4-2-3-5-12(10)14(18)17-8-6-11(7-9-17)13(15)16-19/h2-5,11,19H,6-9H2,1H3,(H2,15,16). The molecule has 0 unspecified atom stereocenters. The second kappa shape index (κ2) is 5.73. The molecule has 1 heterocycles. The van der Waals surface area contributed by atoms with Gasteiger partial charge in [-0.2, -0.15) is 0 Å². The SMILES string of the molecule is Cc1ccccc1C(=O)N1CCC(C(N)=NO)CC1. The molecule has 1 fully saturated rings. The molecule has 19 heavy (non-hydrogen) atoms. The molecule has 1 aliphatic heterocycles. The summed E-state index contributed by atoms with van der Waals surface area (Å²) >= 11 is 0. The van der Waals surface area contributed by atoms with Crippen LogP contribution < -0.4 is 5.73 Å². The molecule has 0 aliphatic carbocycles. The van der Waals surface area contributed by atoms with Crippen LogP contribution in [0.15, 0.2) is 29.4 Å². The summed E-state index contributed by atoms with van der Waals surface area (Å²) in [5.74, 6) is 0.407. The highest BCUT2D eigenvalue weighted by atomic mass is 16.4. The minimum atomic E-state index is 0.0658. The zero-order valence-corrected chi connectivity index (χ0v) is 11.0. The fourth-order valence-corrected chi connectivity index (χ4v) is 2.44. The number of piperidine rings is 1. The van der Waals surface area contributed by atoms with Crippen LogP contribution in [0, 0.1) is 12.8 Å². The molecule has 1 aromatic rings. The van der Waals surface area contributed by atoms with Crippen LogP contribution in [-0.4, -0.2) is 34.9 Å². The van der Waals surface area contributed by atoms with Gasteiger partial charge in [0.25, 0.3) is 5.91 Å². The van der Waals surface area contributed by atoms with Crippen molar-refractivity contribution in [2.45, 2.75) is 19.8 Å². The van der Waals surface area contributed by atoms with Crippen LogP contribution in [0.1, 0.15) is 28.8 Å². The predicted octanol–water partition coefficient (Wildman–Crippen LogP) is 1.59. The van der Waals surface area contributed by atoms with E-state index in [9.17, 15) is 4.79 Å². The van der Waals surface area contributed by atoms with Gasteiger partial charge in [-0.3, -0.25) is 4.79 Å². The van der Waals surface area contributed by atoms with Gasteiger partial charge in [-0.15, -0.1) is 0 Å². The number of oxime groups is 1. The first kappa shape index (κ1) is 13.4. The van der Waals surface area contributed by atoms with Gasteiger partial charge >= 0.3 is 0 Å². The summed E-state index contributed by atoms with van der Waals surface area (Å²) < 4.78 is 0.